The van der Waals surface area contributed by atoms with Crippen molar-refractivity contribution in [3.8, 4) is 0 Å². The summed E-state index contributed by atoms with van der Waals surface area (Å²) in [5.74, 6) is -0.00935. The van der Waals surface area contributed by atoms with Gasteiger partial charge in [0.05, 0.1) is 6.42 Å². The monoisotopic (exact) mass is 344 g/mol. The Kier molecular flexibility index (Phi) is 6.40. The highest BCUT2D eigenvalue weighted by Gasteiger charge is 2.11. The number of halogens is 1. The summed E-state index contributed by atoms with van der Waals surface area (Å²) in [5.41, 5.74) is 0.634. The summed E-state index contributed by atoms with van der Waals surface area (Å²) in [4.78, 5) is 23.3. The first-order valence-electron chi connectivity index (χ1n) is 5.94. The van der Waals surface area contributed by atoms with Gasteiger partial charge in [-0.25, -0.2) is 0 Å². The zero-order valence-electron chi connectivity index (χ0n) is 10.0. The molecule has 0 fully saturated rings. The van der Waals surface area contributed by atoms with Gasteiger partial charge in [0.2, 0.25) is 0 Å². The molecule has 0 heterocycles. The maximum Gasteiger partial charge on any atom is 0.170 e. The van der Waals surface area contributed by atoms with Gasteiger partial charge in [-0.15, -0.1) is 0 Å². The maximum atomic E-state index is 11.8. The van der Waals surface area contributed by atoms with Crippen LogP contribution in [0.5, 0.6) is 0 Å². The van der Waals surface area contributed by atoms with Gasteiger partial charge in [-0.2, -0.15) is 0 Å². The first-order chi connectivity index (χ1) is 8.13. The van der Waals surface area contributed by atoms with Crippen LogP contribution in [0, 0.1) is 3.57 Å². The predicted octanol–water partition coefficient (Wildman–Crippen LogP) is 4.01. The summed E-state index contributed by atoms with van der Waals surface area (Å²) >= 11 is 2.19. The van der Waals surface area contributed by atoms with Crippen LogP contribution in [0.2, 0.25) is 0 Å². The minimum absolute atomic E-state index is 0.0459. The third kappa shape index (κ3) is 5.44. The van der Waals surface area contributed by atoms with Crippen molar-refractivity contribution in [2.24, 2.45) is 0 Å². The minimum Gasteiger partial charge on any atom is -0.299 e. The first kappa shape index (κ1) is 14.4. The molecule has 1 rings (SSSR count). The molecule has 0 unspecified atom stereocenters. The number of hydrogen-bond donors (Lipinski definition) is 0. The number of carbonyl (C=O) groups excluding carboxylic acids is 2. The summed E-state index contributed by atoms with van der Waals surface area (Å²) < 4.78 is 1.09. The van der Waals surface area contributed by atoms with Crippen molar-refractivity contribution in [2.75, 3.05) is 0 Å². The molecule has 0 amide bonds. The molecular formula is C14H17IO2. The maximum absolute atomic E-state index is 11.8. The van der Waals surface area contributed by atoms with Crippen LogP contribution < -0.4 is 0 Å². The van der Waals surface area contributed by atoms with Crippen molar-refractivity contribution in [2.45, 2.75) is 39.0 Å². The van der Waals surface area contributed by atoms with Crippen LogP contribution in [0.1, 0.15) is 49.4 Å². The molecule has 92 valence electrons. The molecule has 17 heavy (non-hydrogen) atoms. The average molecular weight is 344 g/mol. The van der Waals surface area contributed by atoms with Crippen molar-refractivity contribution >= 4 is 34.2 Å². The quantitative estimate of drug-likeness (QED) is 0.324. The highest BCUT2D eigenvalue weighted by molar-refractivity contribution is 14.1. The molecule has 0 atom stereocenters. The Morgan fingerprint density at radius 2 is 1.76 bits per heavy atom. The van der Waals surface area contributed by atoms with Crippen molar-refractivity contribution in [3.05, 3.63) is 33.4 Å². The topological polar surface area (TPSA) is 34.1 Å². The second kappa shape index (κ2) is 7.58. The summed E-state index contributed by atoms with van der Waals surface area (Å²) in [6.07, 6.45) is 3.63. The number of hydrogen-bond acceptors (Lipinski definition) is 2. The highest BCUT2D eigenvalue weighted by Crippen LogP contribution is 2.10. The number of rotatable bonds is 7. The summed E-state index contributed by atoms with van der Waals surface area (Å²) in [5, 5.41) is 0. The van der Waals surface area contributed by atoms with Crippen LogP contribution in [0.3, 0.4) is 0 Å². The smallest absolute Gasteiger partial charge is 0.170 e. The molecule has 0 bridgehead atoms. The van der Waals surface area contributed by atoms with Crippen LogP contribution in [0.25, 0.3) is 0 Å². The number of Topliss-reactive ketones (excluding diaryl/α,β-unsaturated/α-hetero) is 2. The van der Waals surface area contributed by atoms with Gasteiger partial charge in [0.25, 0.3) is 0 Å². The van der Waals surface area contributed by atoms with Gasteiger partial charge in [-0.05, 0) is 41.1 Å². The van der Waals surface area contributed by atoms with Crippen molar-refractivity contribution in [1.29, 1.82) is 0 Å². The van der Waals surface area contributed by atoms with Gasteiger partial charge < -0.3 is 0 Å². The third-order valence-corrected chi connectivity index (χ3v) is 3.30. The van der Waals surface area contributed by atoms with Gasteiger partial charge in [0.15, 0.2) is 5.78 Å². The Morgan fingerprint density at radius 1 is 1.12 bits per heavy atom. The minimum atomic E-state index is -0.0668. The number of benzene rings is 1. The lowest BCUT2D eigenvalue weighted by atomic mass is 10.0. The fourth-order valence-corrected chi connectivity index (χ4v) is 1.94. The lowest BCUT2D eigenvalue weighted by Crippen LogP contribution is -2.08. The van der Waals surface area contributed by atoms with Gasteiger partial charge in [0.1, 0.15) is 5.78 Å². The molecule has 0 saturated heterocycles. The molecule has 0 radical (unpaired) electrons. The van der Waals surface area contributed by atoms with E-state index in [-0.39, 0.29) is 18.0 Å². The normalized spacial score (nSPS) is 10.2. The molecule has 3 heteroatoms. The second-order valence-electron chi connectivity index (χ2n) is 4.10. The van der Waals surface area contributed by atoms with Gasteiger partial charge in [0, 0.05) is 15.6 Å². The molecule has 1 aromatic carbocycles. The largest absolute Gasteiger partial charge is 0.299 e. The molecule has 1 aromatic rings. The van der Waals surface area contributed by atoms with Gasteiger partial charge >= 0.3 is 0 Å². The van der Waals surface area contributed by atoms with Crippen LogP contribution >= 0.6 is 22.6 Å². The first-order valence-corrected chi connectivity index (χ1v) is 7.02. The zero-order valence-corrected chi connectivity index (χ0v) is 12.2. The van der Waals surface area contributed by atoms with Crippen LogP contribution in [0.15, 0.2) is 24.3 Å². The molecule has 0 saturated carbocycles. The van der Waals surface area contributed by atoms with Crippen LogP contribution in [0.4, 0.5) is 0 Å². The van der Waals surface area contributed by atoms with E-state index >= 15 is 0 Å². The molecular weight excluding hydrogens is 327 g/mol. The molecule has 0 aliphatic heterocycles. The lowest BCUT2D eigenvalue weighted by molar-refractivity contribution is -0.118. The van der Waals surface area contributed by atoms with Crippen molar-refractivity contribution < 1.29 is 9.59 Å². The highest BCUT2D eigenvalue weighted by atomic mass is 127. The zero-order chi connectivity index (χ0) is 12.7. The van der Waals surface area contributed by atoms with E-state index in [9.17, 15) is 9.59 Å². The van der Waals surface area contributed by atoms with Crippen LogP contribution in [-0.4, -0.2) is 11.6 Å². The van der Waals surface area contributed by atoms with Gasteiger partial charge in [-0.3, -0.25) is 9.59 Å². The third-order valence-electron chi connectivity index (χ3n) is 2.58. The second-order valence-corrected chi connectivity index (χ2v) is 5.35. The van der Waals surface area contributed by atoms with Crippen molar-refractivity contribution in [3.63, 3.8) is 0 Å². The molecule has 0 aliphatic carbocycles. The van der Waals surface area contributed by atoms with E-state index in [1.807, 2.05) is 12.1 Å². The standard InChI is InChI=1S/C14H17IO2/c1-2-3-4-5-13(16)10-14(17)11-6-8-12(15)9-7-11/h6-9H,2-5,10H2,1H3. The Labute approximate surface area is 116 Å². The number of carbonyl (C=O) groups is 2. The van der Waals surface area contributed by atoms with E-state index in [2.05, 4.69) is 29.5 Å². The molecule has 0 spiro atoms. The van der Waals surface area contributed by atoms with E-state index in [0.29, 0.717) is 12.0 Å². The average Bonchev–Trinajstić information content (AvgIpc) is 2.30. The van der Waals surface area contributed by atoms with E-state index in [1.165, 1.54) is 0 Å². The lowest BCUT2D eigenvalue weighted by Gasteiger charge is -2.01. The Bertz CT molecular complexity index is 382. The van der Waals surface area contributed by atoms with E-state index in [1.54, 1.807) is 12.1 Å². The fourth-order valence-electron chi connectivity index (χ4n) is 1.58. The predicted molar refractivity (Wildman–Crippen MR) is 77.3 cm³/mol. The Hall–Kier alpha value is -0.710. The van der Waals surface area contributed by atoms with E-state index in [4.69, 9.17) is 0 Å². The number of unbranched alkanes of at least 4 members (excludes halogenated alkanes) is 2. The fraction of sp³-hybridized carbons (Fsp3) is 0.429. The van der Waals surface area contributed by atoms with Gasteiger partial charge in [-0.1, -0.05) is 31.9 Å². The number of ketones is 2. The SMILES string of the molecule is CCCCCC(=O)CC(=O)c1ccc(I)cc1. The van der Waals surface area contributed by atoms with E-state index in [0.717, 1.165) is 22.8 Å². The summed E-state index contributed by atoms with van der Waals surface area (Å²) in [7, 11) is 0. The van der Waals surface area contributed by atoms with Crippen molar-refractivity contribution in [1.82, 2.24) is 0 Å². The van der Waals surface area contributed by atoms with E-state index < -0.39 is 0 Å². The Balaban J connectivity index is 2.43. The molecule has 0 aromatic heterocycles. The molecule has 2 nitrogen and oxygen atoms in total. The molecule has 0 aliphatic rings. The van der Waals surface area contributed by atoms with Crippen LogP contribution in [-0.2, 0) is 4.79 Å². The molecule has 0 N–H and O–H groups in total. The Morgan fingerprint density at radius 3 is 2.35 bits per heavy atom. The summed E-state index contributed by atoms with van der Waals surface area (Å²) in [6.45, 7) is 2.10. The summed E-state index contributed by atoms with van der Waals surface area (Å²) in [6, 6.07) is 7.33.